The van der Waals surface area contributed by atoms with Crippen LogP contribution in [0.2, 0.25) is 0 Å². The van der Waals surface area contributed by atoms with Crippen molar-refractivity contribution >= 4 is 31.6 Å². The molecule has 2 aromatic carbocycles. The highest BCUT2D eigenvalue weighted by atomic mass is 32.2. The topological polar surface area (TPSA) is 137 Å². The molecule has 0 aliphatic rings. The molecular weight excluding hydrogens is 434 g/mol. The van der Waals surface area contributed by atoms with E-state index in [0.717, 1.165) is 0 Å². The van der Waals surface area contributed by atoms with Crippen molar-refractivity contribution in [1.82, 2.24) is 5.16 Å². The van der Waals surface area contributed by atoms with Crippen molar-refractivity contribution in [3.05, 3.63) is 54.3 Å². The molecule has 3 aromatic rings. The maximum absolute atomic E-state index is 12.8. The average molecular weight is 453 g/mol. The molecule has 0 aliphatic heterocycles. The Morgan fingerprint density at radius 2 is 1.57 bits per heavy atom. The number of nitrogens with one attached hydrogen (secondary N) is 2. The minimum absolute atomic E-state index is 0.0439. The van der Waals surface area contributed by atoms with Gasteiger partial charge in [-0.2, -0.15) is 0 Å². The molecule has 1 heterocycles. The van der Waals surface area contributed by atoms with E-state index in [9.17, 15) is 16.8 Å². The Morgan fingerprint density at radius 3 is 2.13 bits per heavy atom. The van der Waals surface area contributed by atoms with Gasteiger partial charge in [-0.1, -0.05) is 5.16 Å². The number of rotatable bonds is 8. The molecule has 0 bridgehead atoms. The maximum Gasteiger partial charge on any atom is 0.265 e. The lowest BCUT2D eigenvalue weighted by Gasteiger charge is -2.13. The molecule has 0 saturated carbocycles. The molecule has 0 spiro atoms. The number of hydrogen-bond acceptors (Lipinski definition) is 8. The number of sulfonamides is 2. The molecule has 0 amide bonds. The molecule has 0 fully saturated rings. The summed E-state index contributed by atoms with van der Waals surface area (Å²) in [7, 11) is -5.18. The van der Waals surface area contributed by atoms with Gasteiger partial charge < -0.3 is 14.0 Å². The van der Waals surface area contributed by atoms with Gasteiger partial charge in [0, 0.05) is 17.8 Å². The molecule has 10 nitrogen and oxygen atoms in total. The first-order valence-electron chi connectivity index (χ1n) is 8.45. The van der Waals surface area contributed by atoms with Gasteiger partial charge in [0.05, 0.1) is 19.1 Å². The quantitative estimate of drug-likeness (QED) is 0.531. The summed E-state index contributed by atoms with van der Waals surface area (Å²) in [5, 5.41) is 3.58. The van der Waals surface area contributed by atoms with Crippen LogP contribution >= 0.6 is 0 Å². The fourth-order valence-corrected chi connectivity index (χ4v) is 4.75. The number of benzene rings is 2. The second kappa shape index (κ2) is 8.24. The third-order valence-electron chi connectivity index (χ3n) is 3.94. The molecule has 0 atom stereocenters. The van der Waals surface area contributed by atoms with Gasteiger partial charge in [0.2, 0.25) is 0 Å². The molecule has 30 heavy (non-hydrogen) atoms. The Morgan fingerprint density at radius 1 is 0.867 bits per heavy atom. The van der Waals surface area contributed by atoms with Crippen molar-refractivity contribution in [2.45, 2.75) is 16.7 Å². The first-order chi connectivity index (χ1) is 14.1. The summed E-state index contributed by atoms with van der Waals surface area (Å²) < 4.78 is 70.1. The first kappa shape index (κ1) is 21.5. The smallest absolute Gasteiger partial charge is 0.265 e. The van der Waals surface area contributed by atoms with E-state index < -0.39 is 20.0 Å². The zero-order valence-corrected chi connectivity index (χ0v) is 17.9. The monoisotopic (exact) mass is 453 g/mol. The molecule has 160 valence electrons. The number of methoxy groups -OCH3 is 2. The molecule has 0 radical (unpaired) electrons. The van der Waals surface area contributed by atoms with Crippen LogP contribution in [0.1, 0.15) is 5.76 Å². The van der Waals surface area contributed by atoms with E-state index in [2.05, 4.69) is 14.6 Å². The lowest BCUT2D eigenvalue weighted by atomic mass is 10.3. The predicted octanol–water partition coefficient (Wildman–Crippen LogP) is 2.60. The zero-order valence-electron chi connectivity index (χ0n) is 16.2. The number of aryl methyl sites for hydroxylation is 1. The summed E-state index contributed by atoms with van der Waals surface area (Å²) in [6.07, 6.45) is 0. The van der Waals surface area contributed by atoms with Crippen molar-refractivity contribution in [3.8, 4) is 11.5 Å². The van der Waals surface area contributed by atoms with Gasteiger partial charge >= 0.3 is 0 Å². The van der Waals surface area contributed by atoms with Gasteiger partial charge in [0.15, 0.2) is 5.82 Å². The fourth-order valence-electron chi connectivity index (χ4n) is 2.52. The van der Waals surface area contributed by atoms with Crippen LogP contribution in [0.4, 0.5) is 11.5 Å². The highest BCUT2D eigenvalue weighted by Crippen LogP contribution is 2.30. The Balaban J connectivity index is 1.83. The van der Waals surface area contributed by atoms with Crippen molar-refractivity contribution in [1.29, 1.82) is 0 Å². The molecule has 3 rings (SSSR count). The van der Waals surface area contributed by atoms with Gasteiger partial charge in [-0.05, 0) is 43.3 Å². The number of anilines is 2. The van der Waals surface area contributed by atoms with E-state index in [0.29, 0.717) is 11.5 Å². The van der Waals surface area contributed by atoms with Gasteiger partial charge in [0.1, 0.15) is 22.2 Å². The molecule has 12 heteroatoms. The highest BCUT2D eigenvalue weighted by Gasteiger charge is 2.22. The second-order valence-electron chi connectivity index (χ2n) is 6.07. The van der Waals surface area contributed by atoms with Crippen molar-refractivity contribution in [3.63, 3.8) is 0 Å². The summed E-state index contributed by atoms with van der Waals surface area (Å²) >= 11 is 0. The third-order valence-corrected chi connectivity index (χ3v) is 6.72. The highest BCUT2D eigenvalue weighted by molar-refractivity contribution is 7.93. The third kappa shape index (κ3) is 4.66. The summed E-state index contributed by atoms with van der Waals surface area (Å²) in [6.45, 7) is 1.63. The van der Waals surface area contributed by atoms with E-state index in [4.69, 9.17) is 14.0 Å². The van der Waals surface area contributed by atoms with Crippen molar-refractivity contribution in [2.75, 3.05) is 23.7 Å². The van der Waals surface area contributed by atoms with E-state index in [-0.39, 0.29) is 27.0 Å². The van der Waals surface area contributed by atoms with Gasteiger partial charge in [-0.15, -0.1) is 0 Å². The first-order valence-corrected chi connectivity index (χ1v) is 11.4. The molecule has 0 unspecified atom stereocenters. The normalized spacial score (nSPS) is 11.7. The largest absolute Gasteiger partial charge is 0.497 e. The summed E-state index contributed by atoms with van der Waals surface area (Å²) in [6, 6.07) is 11.0. The van der Waals surface area contributed by atoms with Crippen LogP contribution in [-0.2, 0) is 20.0 Å². The Kier molecular flexibility index (Phi) is 5.89. The van der Waals surface area contributed by atoms with Gasteiger partial charge in [-0.25, -0.2) is 16.8 Å². The predicted molar refractivity (Wildman–Crippen MR) is 109 cm³/mol. The molecule has 0 saturated heterocycles. The van der Waals surface area contributed by atoms with Crippen LogP contribution in [0.5, 0.6) is 11.5 Å². The van der Waals surface area contributed by atoms with Crippen molar-refractivity contribution < 1.29 is 30.8 Å². The lowest BCUT2D eigenvalue weighted by Crippen LogP contribution is -2.15. The van der Waals surface area contributed by atoms with Crippen LogP contribution in [0.25, 0.3) is 0 Å². The van der Waals surface area contributed by atoms with Gasteiger partial charge in [-0.3, -0.25) is 9.44 Å². The summed E-state index contributed by atoms with van der Waals surface area (Å²) in [4.78, 5) is -0.200. The SMILES string of the molecule is COc1ccc(OC)c(S(=O)(=O)Nc2ccc(S(=O)(=O)Nc3cc(C)on3)cc2)c1. The Hall–Kier alpha value is -3.25. The molecule has 0 aliphatic carbocycles. The average Bonchev–Trinajstić information content (AvgIpc) is 3.11. The summed E-state index contributed by atoms with van der Waals surface area (Å²) in [5.74, 6) is 0.967. The van der Waals surface area contributed by atoms with E-state index in [1.807, 2.05) is 0 Å². The summed E-state index contributed by atoms with van der Waals surface area (Å²) in [5.41, 5.74) is 0.163. The van der Waals surface area contributed by atoms with Gasteiger partial charge in [0.25, 0.3) is 20.0 Å². The second-order valence-corrected chi connectivity index (χ2v) is 9.41. The van der Waals surface area contributed by atoms with Crippen LogP contribution in [0, 0.1) is 6.92 Å². The number of nitrogens with zero attached hydrogens (tertiary/aromatic N) is 1. The van der Waals surface area contributed by atoms with E-state index in [1.54, 1.807) is 13.0 Å². The zero-order chi connectivity index (χ0) is 21.9. The van der Waals surface area contributed by atoms with Crippen LogP contribution in [-0.4, -0.2) is 36.2 Å². The molecule has 2 N–H and O–H groups in total. The number of ether oxygens (including phenoxy) is 2. The van der Waals surface area contributed by atoms with E-state index >= 15 is 0 Å². The fraction of sp³-hybridized carbons (Fsp3) is 0.167. The Bertz CT molecular complexity index is 1250. The standard InChI is InChI=1S/C18H19N3O7S2/c1-12-10-18(19-28-12)21-29(22,23)15-7-4-13(5-8-15)20-30(24,25)17-11-14(26-2)6-9-16(17)27-3/h4-11,20H,1-3H3,(H,19,21). The van der Waals surface area contributed by atoms with E-state index in [1.165, 1.54) is 56.7 Å². The van der Waals surface area contributed by atoms with Crippen LogP contribution < -0.4 is 18.9 Å². The van der Waals surface area contributed by atoms with Crippen LogP contribution in [0.3, 0.4) is 0 Å². The minimum atomic E-state index is -4.03. The number of aromatic nitrogens is 1. The maximum atomic E-state index is 12.8. The van der Waals surface area contributed by atoms with Crippen molar-refractivity contribution in [2.24, 2.45) is 0 Å². The lowest BCUT2D eigenvalue weighted by molar-refractivity contribution is 0.392. The van der Waals surface area contributed by atoms with Crippen LogP contribution in [0.15, 0.2) is 62.8 Å². The number of hydrogen-bond donors (Lipinski definition) is 2. The Labute approximate surface area is 173 Å². The molecule has 1 aromatic heterocycles. The minimum Gasteiger partial charge on any atom is -0.497 e. The molecular formula is C18H19N3O7S2.